The summed E-state index contributed by atoms with van der Waals surface area (Å²) in [5.74, 6) is -0.179. The van der Waals surface area contributed by atoms with Gasteiger partial charge in [0.2, 0.25) is 5.91 Å². The third kappa shape index (κ3) is 3.97. The Bertz CT molecular complexity index is 1270. The molecule has 0 saturated carbocycles. The number of ether oxygens (including phenoxy) is 1. The Morgan fingerprint density at radius 1 is 1.12 bits per heavy atom. The molecule has 2 heterocycles. The molecule has 1 fully saturated rings. The number of thiocarbonyl (C=S) groups is 1. The lowest BCUT2D eigenvalue weighted by Gasteiger charge is -2.56. The van der Waals surface area contributed by atoms with Crippen LogP contribution in [0.4, 0.5) is 11.4 Å². The Labute approximate surface area is 215 Å². The topological polar surface area (TPSA) is 53.6 Å². The van der Waals surface area contributed by atoms with Crippen LogP contribution < -0.4 is 20.3 Å². The van der Waals surface area contributed by atoms with Gasteiger partial charge in [-0.2, -0.15) is 0 Å². The number of rotatable bonds is 3. The Morgan fingerprint density at radius 3 is 2.61 bits per heavy atom. The van der Waals surface area contributed by atoms with E-state index in [4.69, 9.17) is 40.2 Å². The number of halogens is 3. The summed E-state index contributed by atoms with van der Waals surface area (Å²) in [5.41, 5.74) is 1.11. The summed E-state index contributed by atoms with van der Waals surface area (Å²) >= 11 is 21.6. The minimum absolute atomic E-state index is 0.211. The molecule has 1 saturated heterocycles. The van der Waals surface area contributed by atoms with E-state index < -0.39 is 17.7 Å². The first kappa shape index (κ1) is 22.5. The van der Waals surface area contributed by atoms with Crippen LogP contribution in [-0.2, 0) is 4.79 Å². The lowest BCUT2D eigenvalue weighted by molar-refractivity contribution is -0.130. The zero-order valence-corrected chi connectivity index (χ0v) is 21.2. The van der Waals surface area contributed by atoms with E-state index in [2.05, 4.69) is 26.6 Å². The molecule has 0 aromatic heterocycles. The van der Waals surface area contributed by atoms with Crippen LogP contribution in [0.2, 0.25) is 10.0 Å². The number of hydrogen-bond donors (Lipinski definition) is 2. The highest BCUT2D eigenvalue weighted by atomic mass is 79.9. The van der Waals surface area contributed by atoms with Gasteiger partial charge in [0.15, 0.2) is 10.8 Å². The smallest absolute Gasteiger partial charge is 0.236 e. The van der Waals surface area contributed by atoms with E-state index in [0.29, 0.717) is 26.6 Å². The van der Waals surface area contributed by atoms with E-state index in [1.165, 1.54) is 0 Å². The molecule has 2 aliphatic heterocycles. The highest BCUT2D eigenvalue weighted by Crippen LogP contribution is 2.50. The predicted octanol–water partition coefficient (Wildman–Crippen LogP) is 6.56. The number of nitrogens with zero attached hydrogens (tertiary/aromatic N) is 1. The molecule has 168 valence electrons. The average molecular weight is 563 g/mol. The van der Waals surface area contributed by atoms with Crippen LogP contribution in [0.3, 0.4) is 0 Å². The third-order valence-corrected chi connectivity index (χ3v) is 7.20. The second-order valence-corrected chi connectivity index (χ2v) is 10.2. The van der Waals surface area contributed by atoms with Crippen molar-refractivity contribution in [3.8, 4) is 5.75 Å². The molecular formula is C24H18BrCl2N3O2S. The van der Waals surface area contributed by atoms with Crippen molar-refractivity contribution >= 4 is 73.7 Å². The van der Waals surface area contributed by atoms with Gasteiger partial charge in [-0.3, -0.25) is 9.69 Å². The molecule has 3 aromatic rings. The molecule has 2 N–H and O–H groups in total. The van der Waals surface area contributed by atoms with Crippen LogP contribution in [0, 0.1) is 5.92 Å². The summed E-state index contributed by atoms with van der Waals surface area (Å²) in [6.07, 6.45) is 0. The number of fused-ring (bicyclic) bond motifs is 4. The lowest BCUT2D eigenvalue weighted by atomic mass is 9.78. The van der Waals surface area contributed by atoms with Crippen molar-refractivity contribution in [2.24, 2.45) is 5.92 Å². The molecular weight excluding hydrogens is 545 g/mol. The number of anilines is 2. The van der Waals surface area contributed by atoms with E-state index in [9.17, 15) is 4.79 Å². The number of carbonyl (C=O) groups excluding carboxylic acids is 1. The Hall–Kier alpha value is -2.32. The SMILES string of the molecule is C[C@]12Oc3ccc(Br)cc3[C@H](NC(=S)N1c1cccc(Cl)c1)[C@@H]2C(=O)Nc1ccc(Cl)cc1. The van der Waals surface area contributed by atoms with Crippen LogP contribution in [0.25, 0.3) is 0 Å². The lowest BCUT2D eigenvalue weighted by Crippen LogP contribution is -2.72. The highest BCUT2D eigenvalue weighted by molar-refractivity contribution is 9.10. The van der Waals surface area contributed by atoms with Crippen molar-refractivity contribution in [2.75, 3.05) is 10.2 Å². The van der Waals surface area contributed by atoms with Gasteiger partial charge in [0.05, 0.1) is 6.04 Å². The summed E-state index contributed by atoms with van der Waals surface area (Å²) in [6.45, 7) is 1.88. The first-order valence-corrected chi connectivity index (χ1v) is 12.1. The maximum atomic E-state index is 13.7. The fourth-order valence-electron chi connectivity index (χ4n) is 4.51. The second kappa shape index (κ2) is 8.47. The van der Waals surface area contributed by atoms with Crippen LogP contribution in [0.1, 0.15) is 18.5 Å². The number of hydrogen-bond acceptors (Lipinski definition) is 3. The number of amides is 1. The Morgan fingerprint density at radius 2 is 1.88 bits per heavy atom. The summed E-state index contributed by atoms with van der Waals surface area (Å²) < 4.78 is 7.45. The van der Waals surface area contributed by atoms with Crippen molar-refractivity contribution < 1.29 is 9.53 Å². The molecule has 2 aliphatic rings. The minimum Gasteiger partial charge on any atom is -0.467 e. The summed E-state index contributed by atoms with van der Waals surface area (Å²) in [7, 11) is 0. The molecule has 2 bridgehead atoms. The molecule has 0 unspecified atom stereocenters. The molecule has 3 aromatic carbocycles. The van der Waals surface area contributed by atoms with E-state index in [1.54, 1.807) is 36.4 Å². The molecule has 9 heteroatoms. The molecule has 0 aliphatic carbocycles. The molecule has 5 nitrogen and oxygen atoms in total. The number of benzene rings is 3. The predicted molar refractivity (Wildman–Crippen MR) is 139 cm³/mol. The van der Waals surface area contributed by atoms with Gasteiger partial charge in [0, 0.05) is 31.5 Å². The van der Waals surface area contributed by atoms with Crippen molar-refractivity contribution in [2.45, 2.75) is 18.7 Å². The Balaban J connectivity index is 1.63. The van der Waals surface area contributed by atoms with Gasteiger partial charge < -0.3 is 15.4 Å². The summed E-state index contributed by atoms with van der Waals surface area (Å²) in [4.78, 5) is 15.6. The first-order valence-electron chi connectivity index (χ1n) is 10.2. The quantitative estimate of drug-likeness (QED) is 0.354. The van der Waals surface area contributed by atoms with E-state index in [1.807, 2.05) is 42.2 Å². The van der Waals surface area contributed by atoms with Gasteiger partial charge in [-0.1, -0.05) is 45.2 Å². The van der Waals surface area contributed by atoms with Crippen molar-refractivity contribution in [1.29, 1.82) is 0 Å². The van der Waals surface area contributed by atoms with Crippen LogP contribution >= 0.6 is 51.3 Å². The van der Waals surface area contributed by atoms with E-state index in [-0.39, 0.29) is 5.91 Å². The largest absolute Gasteiger partial charge is 0.467 e. The fourth-order valence-corrected chi connectivity index (χ4v) is 5.61. The van der Waals surface area contributed by atoms with Gasteiger partial charge >= 0.3 is 0 Å². The maximum Gasteiger partial charge on any atom is 0.236 e. The Kier molecular flexibility index (Phi) is 5.77. The van der Waals surface area contributed by atoms with Crippen LogP contribution in [-0.4, -0.2) is 16.7 Å². The van der Waals surface area contributed by atoms with Crippen LogP contribution in [0.5, 0.6) is 5.75 Å². The van der Waals surface area contributed by atoms with Gasteiger partial charge in [0.25, 0.3) is 0 Å². The second-order valence-electron chi connectivity index (χ2n) is 8.06. The van der Waals surface area contributed by atoms with Crippen LogP contribution in [0.15, 0.2) is 71.2 Å². The molecule has 0 radical (unpaired) electrons. The van der Waals surface area contributed by atoms with Crippen molar-refractivity contribution in [3.05, 3.63) is 86.8 Å². The third-order valence-electron chi connectivity index (χ3n) is 5.92. The molecule has 33 heavy (non-hydrogen) atoms. The van der Waals surface area contributed by atoms with Gasteiger partial charge in [-0.05, 0) is 79.8 Å². The highest BCUT2D eigenvalue weighted by Gasteiger charge is 2.59. The number of nitrogens with one attached hydrogen (secondary N) is 2. The normalized spacial score (nSPS) is 23.3. The average Bonchev–Trinajstić information content (AvgIpc) is 2.75. The monoisotopic (exact) mass is 561 g/mol. The zero-order valence-electron chi connectivity index (χ0n) is 17.3. The molecule has 1 amide bonds. The molecule has 5 rings (SSSR count). The molecule has 0 spiro atoms. The number of carbonyl (C=O) groups is 1. The van der Waals surface area contributed by atoms with E-state index >= 15 is 0 Å². The minimum atomic E-state index is -1.12. The standard InChI is InChI=1S/C24H18BrCl2N3O2S/c1-24-20(22(31)28-16-8-6-14(26)7-9-16)21(18-11-13(25)5-10-19(18)32-24)29-23(33)30(24)17-4-2-3-15(27)12-17/h2-12,20-21H,1H3,(H,28,31)(H,29,33)/t20-,21+,24-/m1/s1. The maximum absolute atomic E-state index is 13.7. The van der Waals surface area contributed by atoms with Crippen molar-refractivity contribution in [1.82, 2.24) is 5.32 Å². The summed E-state index contributed by atoms with van der Waals surface area (Å²) in [5, 5.41) is 7.99. The van der Waals surface area contributed by atoms with Gasteiger partial charge in [0.1, 0.15) is 11.7 Å². The van der Waals surface area contributed by atoms with Gasteiger partial charge in [-0.15, -0.1) is 0 Å². The zero-order chi connectivity index (χ0) is 23.3. The first-order chi connectivity index (χ1) is 15.8. The summed E-state index contributed by atoms with van der Waals surface area (Å²) in [6, 6.07) is 19.7. The van der Waals surface area contributed by atoms with Crippen molar-refractivity contribution in [3.63, 3.8) is 0 Å². The molecule has 3 atom stereocenters. The fraction of sp³-hybridized carbons (Fsp3) is 0.167. The van der Waals surface area contributed by atoms with Gasteiger partial charge in [-0.25, -0.2) is 0 Å². The van der Waals surface area contributed by atoms with E-state index in [0.717, 1.165) is 15.7 Å².